The fraction of sp³-hybridized carbons (Fsp3) is 0.350. The second-order valence-electron chi connectivity index (χ2n) is 6.90. The summed E-state index contributed by atoms with van der Waals surface area (Å²) in [4.78, 5) is 41.3. The quantitative estimate of drug-likeness (QED) is 0.823. The van der Waals surface area contributed by atoms with Gasteiger partial charge in [-0.1, -0.05) is 31.5 Å². The van der Waals surface area contributed by atoms with Gasteiger partial charge in [0.05, 0.1) is 15.6 Å². The van der Waals surface area contributed by atoms with Crippen LogP contribution in [0.3, 0.4) is 0 Å². The SMILES string of the molecule is CC(C)C(=O)N1CCN(C(=O)c2ccc(Cl)c(NC(=O)c3cccs3)c2)CC1. The predicted molar refractivity (Wildman–Crippen MR) is 111 cm³/mol. The van der Waals surface area contributed by atoms with Crippen LogP contribution in [-0.2, 0) is 4.79 Å². The van der Waals surface area contributed by atoms with Gasteiger partial charge in [-0.25, -0.2) is 0 Å². The first-order chi connectivity index (χ1) is 13.4. The van der Waals surface area contributed by atoms with Gasteiger partial charge in [0.2, 0.25) is 5.91 Å². The van der Waals surface area contributed by atoms with Gasteiger partial charge >= 0.3 is 0 Å². The van der Waals surface area contributed by atoms with Crippen LogP contribution in [0, 0.1) is 5.92 Å². The van der Waals surface area contributed by atoms with E-state index >= 15 is 0 Å². The zero-order valence-electron chi connectivity index (χ0n) is 15.8. The molecule has 2 heterocycles. The molecular weight excluding hydrogens is 398 g/mol. The number of halogens is 1. The lowest BCUT2D eigenvalue weighted by Crippen LogP contribution is -2.51. The van der Waals surface area contributed by atoms with Crippen molar-refractivity contribution in [2.75, 3.05) is 31.5 Å². The summed E-state index contributed by atoms with van der Waals surface area (Å²) in [6, 6.07) is 8.38. The second-order valence-corrected chi connectivity index (χ2v) is 8.25. The Morgan fingerprint density at radius 2 is 1.75 bits per heavy atom. The number of hydrogen-bond donors (Lipinski definition) is 1. The predicted octanol–water partition coefficient (Wildman–Crippen LogP) is 3.59. The molecule has 0 saturated carbocycles. The summed E-state index contributed by atoms with van der Waals surface area (Å²) >= 11 is 7.53. The summed E-state index contributed by atoms with van der Waals surface area (Å²) in [6.07, 6.45) is 0. The van der Waals surface area contributed by atoms with E-state index in [-0.39, 0.29) is 23.6 Å². The Kier molecular flexibility index (Phi) is 6.36. The van der Waals surface area contributed by atoms with Crippen LogP contribution in [-0.4, -0.2) is 53.7 Å². The summed E-state index contributed by atoms with van der Waals surface area (Å²) in [5.41, 5.74) is 0.856. The normalized spacial score (nSPS) is 14.3. The van der Waals surface area contributed by atoms with Crippen LogP contribution >= 0.6 is 22.9 Å². The van der Waals surface area contributed by atoms with Gasteiger partial charge in [0.25, 0.3) is 11.8 Å². The summed E-state index contributed by atoms with van der Waals surface area (Å²) in [5, 5.41) is 4.95. The molecule has 0 radical (unpaired) electrons. The number of thiophene rings is 1. The molecule has 1 aromatic heterocycles. The van der Waals surface area contributed by atoms with Gasteiger partial charge in [-0.15, -0.1) is 11.3 Å². The highest BCUT2D eigenvalue weighted by Gasteiger charge is 2.26. The number of nitrogens with zero attached hydrogens (tertiary/aromatic N) is 2. The van der Waals surface area contributed by atoms with Crippen molar-refractivity contribution in [3.05, 3.63) is 51.2 Å². The number of nitrogens with one attached hydrogen (secondary N) is 1. The number of carbonyl (C=O) groups is 3. The molecule has 1 saturated heterocycles. The summed E-state index contributed by atoms with van der Waals surface area (Å²) in [7, 11) is 0. The highest BCUT2D eigenvalue weighted by molar-refractivity contribution is 7.12. The average molecular weight is 420 g/mol. The fourth-order valence-electron chi connectivity index (χ4n) is 3.02. The monoisotopic (exact) mass is 419 g/mol. The average Bonchev–Trinajstić information content (AvgIpc) is 3.23. The van der Waals surface area contributed by atoms with E-state index in [1.165, 1.54) is 11.3 Å². The van der Waals surface area contributed by atoms with Crippen LogP contribution in [0.5, 0.6) is 0 Å². The van der Waals surface area contributed by atoms with Gasteiger partial charge < -0.3 is 15.1 Å². The number of carbonyl (C=O) groups excluding carboxylic acids is 3. The molecule has 148 valence electrons. The Balaban J connectivity index is 1.68. The van der Waals surface area contributed by atoms with E-state index in [0.717, 1.165) is 0 Å². The molecule has 3 amide bonds. The third-order valence-electron chi connectivity index (χ3n) is 4.58. The third-order valence-corrected chi connectivity index (χ3v) is 5.78. The second kappa shape index (κ2) is 8.75. The lowest BCUT2D eigenvalue weighted by molar-refractivity contribution is -0.135. The van der Waals surface area contributed by atoms with Crippen molar-refractivity contribution in [2.45, 2.75) is 13.8 Å². The summed E-state index contributed by atoms with van der Waals surface area (Å²) < 4.78 is 0. The molecule has 1 aliphatic heterocycles. The molecule has 0 bridgehead atoms. The molecule has 6 nitrogen and oxygen atoms in total. The van der Waals surface area contributed by atoms with Crippen LogP contribution < -0.4 is 5.32 Å². The Labute approximate surface area is 173 Å². The van der Waals surface area contributed by atoms with E-state index in [9.17, 15) is 14.4 Å². The van der Waals surface area contributed by atoms with Gasteiger partial charge in [-0.05, 0) is 29.6 Å². The Morgan fingerprint density at radius 1 is 1.07 bits per heavy atom. The van der Waals surface area contributed by atoms with E-state index in [2.05, 4.69) is 5.32 Å². The zero-order valence-corrected chi connectivity index (χ0v) is 17.3. The number of piperazine rings is 1. The number of benzene rings is 1. The van der Waals surface area contributed by atoms with Crippen molar-refractivity contribution < 1.29 is 14.4 Å². The Bertz CT molecular complexity index is 875. The molecule has 8 heteroatoms. The van der Waals surface area contributed by atoms with E-state index in [4.69, 9.17) is 11.6 Å². The maximum atomic E-state index is 12.9. The van der Waals surface area contributed by atoms with E-state index in [1.807, 2.05) is 19.2 Å². The van der Waals surface area contributed by atoms with Crippen molar-refractivity contribution >= 4 is 46.3 Å². The molecule has 1 aliphatic rings. The third kappa shape index (κ3) is 4.54. The van der Waals surface area contributed by atoms with Crippen LogP contribution in [0.2, 0.25) is 5.02 Å². The van der Waals surface area contributed by atoms with E-state index < -0.39 is 0 Å². The smallest absolute Gasteiger partial charge is 0.265 e. The van der Waals surface area contributed by atoms with Gasteiger partial charge in [0.15, 0.2) is 0 Å². The van der Waals surface area contributed by atoms with Crippen LogP contribution in [0.1, 0.15) is 33.9 Å². The molecule has 3 rings (SSSR count). The molecule has 0 spiro atoms. The van der Waals surface area contributed by atoms with Gasteiger partial charge in [0, 0.05) is 37.7 Å². The van der Waals surface area contributed by atoms with E-state index in [0.29, 0.717) is 47.3 Å². The van der Waals surface area contributed by atoms with Crippen molar-refractivity contribution in [3.63, 3.8) is 0 Å². The van der Waals surface area contributed by atoms with Crippen LogP contribution in [0.25, 0.3) is 0 Å². The minimum absolute atomic E-state index is 0.0481. The lowest BCUT2D eigenvalue weighted by Gasteiger charge is -2.35. The van der Waals surface area contributed by atoms with Crippen LogP contribution in [0.15, 0.2) is 35.7 Å². The largest absolute Gasteiger partial charge is 0.339 e. The first kappa shape index (κ1) is 20.4. The lowest BCUT2D eigenvalue weighted by atomic mass is 10.1. The molecule has 1 aromatic carbocycles. The molecular formula is C20H22ClN3O3S. The Hall–Kier alpha value is -2.38. The zero-order chi connectivity index (χ0) is 20.3. The summed E-state index contributed by atoms with van der Waals surface area (Å²) in [6.45, 7) is 5.77. The molecule has 2 aromatic rings. The highest BCUT2D eigenvalue weighted by Crippen LogP contribution is 2.25. The molecule has 28 heavy (non-hydrogen) atoms. The number of amides is 3. The van der Waals surface area contributed by atoms with Crippen molar-refractivity contribution in [3.8, 4) is 0 Å². The van der Waals surface area contributed by atoms with Crippen LogP contribution in [0.4, 0.5) is 5.69 Å². The minimum Gasteiger partial charge on any atom is -0.339 e. The highest BCUT2D eigenvalue weighted by atomic mass is 35.5. The number of anilines is 1. The van der Waals surface area contributed by atoms with Gasteiger partial charge in [-0.2, -0.15) is 0 Å². The minimum atomic E-state index is -0.262. The first-order valence-electron chi connectivity index (χ1n) is 9.09. The standard InChI is InChI=1S/C20H22ClN3O3S/c1-13(2)19(26)23-7-9-24(10-8-23)20(27)14-5-6-15(21)16(12-14)22-18(25)17-4-3-11-28-17/h3-6,11-13H,7-10H2,1-2H3,(H,22,25). The fourth-order valence-corrected chi connectivity index (χ4v) is 3.81. The molecule has 1 N–H and O–H groups in total. The number of rotatable bonds is 4. The molecule has 0 aliphatic carbocycles. The topological polar surface area (TPSA) is 69.7 Å². The van der Waals surface area contributed by atoms with E-state index in [1.54, 1.807) is 40.1 Å². The Morgan fingerprint density at radius 3 is 2.36 bits per heavy atom. The van der Waals surface area contributed by atoms with Crippen molar-refractivity contribution in [1.29, 1.82) is 0 Å². The summed E-state index contributed by atoms with van der Waals surface area (Å²) in [5.74, 6) is -0.340. The van der Waals surface area contributed by atoms with Crippen molar-refractivity contribution in [2.24, 2.45) is 5.92 Å². The molecule has 0 unspecified atom stereocenters. The maximum absolute atomic E-state index is 12.9. The molecule has 0 atom stereocenters. The van der Waals surface area contributed by atoms with Gasteiger partial charge in [0.1, 0.15) is 0 Å². The van der Waals surface area contributed by atoms with Gasteiger partial charge in [-0.3, -0.25) is 14.4 Å². The molecule has 1 fully saturated rings. The first-order valence-corrected chi connectivity index (χ1v) is 10.3. The maximum Gasteiger partial charge on any atom is 0.265 e. The van der Waals surface area contributed by atoms with Crippen molar-refractivity contribution in [1.82, 2.24) is 9.80 Å². The number of hydrogen-bond acceptors (Lipinski definition) is 4.